The zero-order valence-electron chi connectivity index (χ0n) is 17.2. The van der Waals surface area contributed by atoms with Gasteiger partial charge in [0.1, 0.15) is 15.4 Å². The number of aromatic hydroxyl groups is 1. The Bertz CT molecular complexity index is 1520. The average Bonchev–Trinajstić information content (AvgIpc) is 3.34. The highest BCUT2D eigenvalue weighted by molar-refractivity contribution is 7.88. The zero-order chi connectivity index (χ0) is 21.8. The van der Waals surface area contributed by atoms with Crippen LogP contribution in [0.1, 0.15) is 19.3 Å². The lowest BCUT2D eigenvalue weighted by molar-refractivity contribution is 0.468. The first-order chi connectivity index (χ1) is 15.6. The number of benzene rings is 1. The van der Waals surface area contributed by atoms with Crippen LogP contribution in [-0.2, 0) is 17.8 Å². The van der Waals surface area contributed by atoms with E-state index >= 15 is 0 Å². The molecule has 4 heterocycles. The van der Waals surface area contributed by atoms with Gasteiger partial charge in [0.15, 0.2) is 5.75 Å². The quantitative estimate of drug-likeness (QED) is 0.418. The van der Waals surface area contributed by atoms with Crippen molar-refractivity contribution in [3.05, 3.63) is 49.1 Å². The molecule has 1 aliphatic rings. The van der Waals surface area contributed by atoms with E-state index in [1.54, 1.807) is 17.1 Å². The fourth-order valence-electron chi connectivity index (χ4n) is 4.06. The monoisotopic (exact) mass is 461 g/mol. The van der Waals surface area contributed by atoms with Crippen LogP contribution < -0.4 is 0 Å². The van der Waals surface area contributed by atoms with Crippen LogP contribution >= 0.6 is 11.3 Å². The van der Waals surface area contributed by atoms with Gasteiger partial charge in [-0.2, -0.15) is 5.10 Å². The smallest absolute Gasteiger partial charge is 0.152 e. The van der Waals surface area contributed by atoms with Crippen LogP contribution in [0.3, 0.4) is 0 Å². The van der Waals surface area contributed by atoms with E-state index in [1.165, 1.54) is 17.7 Å². The minimum absolute atomic E-state index is 0.0803. The van der Waals surface area contributed by atoms with Gasteiger partial charge in [-0.05, 0) is 31.0 Å². The Labute approximate surface area is 190 Å². The molecule has 4 aromatic heterocycles. The number of aryl methyl sites for hydroxylation is 1. The molecule has 0 radical (unpaired) electrons. The molecule has 1 saturated carbocycles. The summed E-state index contributed by atoms with van der Waals surface area (Å²) in [6, 6.07) is 9.83. The Morgan fingerprint density at radius 1 is 1.22 bits per heavy atom. The molecule has 1 aromatic carbocycles. The molecule has 0 spiro atoms. The molecule has 0 saturated heterocycles. The maximum absolute atomic E-state index is 13.1. The minimum atomic E-state index is -1.23. The zero-order valence-corrected chi connectivity index (χ0v) is 18.9. The Balaban J connectivity index is 1.60. The second kappa shape index (κ2) is 7.46. The summed E-state index contributed by atoms with van der Waals surface area (Å²) in [7, 11) is 0.640. The van der Waals surface area contributed by atoms with Crippen molar-refractivity contribution in [3.8, 4) is 28.3 Å². The molecule has 0 bridgehead atoms. The first-order valence-electron chi connectivity index (χ1n) is 10.4. The van der Waals surface area contributed by atoms with Crippen molar-refractivity contribution in [1.82, 2.24) is 24.7 Å². The number of hydrogen-bond acceptors (Lipinski definition) is 7. The largest absolute Gasteiger partial charge is 0.505 e. The van der Waals surface area contributed by atoms with Crippen molar-refractivity contribution in [1.29, 1.82) is 0 Å². The summed E-state index contributed by atoms with van der Waals surface area (Å²) >= 11 is 1.32. The number of thiophene rings is 1. The van der Waals surface area contributed by atoms with Gasteiger partial charge in [0.05, 0.1) is 33.1 Å². The topological polar surface area (TPSA) is 93.8 Å². The van der Waals surface area contributed by atoms with E-state index in [2.05, 4.69) is 15.1 Å². The third kappa shape index (κ3) is 3.03. The van der Waals surface area contributed by atoms with Crippen LogP contribution in [0.2, 0.25) is 0 Å². The van der Waals surface area contributed by atoms with Gasteiger partial charge in [-0.3, -0.25) is 8.89 Å². The lowest BCUT2D eigenvalue weighted by atomic mass is 10.0. The van der Waals surface area contributed by atoms with E-state index in [-0.39, 0.29) is 11.0 Å². The highest BCUT2D eigenvalue weighted by Crippen LogP contribution is 2.46. The summed E-state index contributed by atoms with van der Waals surface area (Å²) in [5, 5.41) is 17.1. The number of hydrogen-bond donors (Lipinski definition) is 1. The predicted molar refractivity (Wildman–Crippen MR) is 126 cm³/mol. The highest BCUT2D eigenvalue weighted by Gasteiger charge is 2.30. The maximum Gasteiger partial charge on any atom is 0.152 e. The first kappa shape index (κ1) is 19.5. The van der Waals surface area contributed by atoms with Crippen LogP contribution in [-0.4, -0.2) is 39.3 Å². The van der Waals surface area contributed by atoms with Gasteiger partial charge >= 0.3 is 0 Å². The molecule has 1 atom stereocenters. The average molecular weight is 462 g/mol. The third-order valence-corrected chi connectivity index (χ3v) is 9.29. The Morgan fingerprint density at radius 3 is 2.84 bits per heavy atom. The number of aromatic nitrogens is 5. The minimum Gasteiger partial charge on any atom is -0.505 e. The number of nitrogens with zero attached hydrogens (tertiary/aromatic N) is 5. The standard InChI is InChI=1S/C23H19N5O2S2/c1-28-19(7-8-26-28)16-10-18(13-5-6-14-11-24-12-25-17(14)9-13)27-22-20(16)21(29)23(31-22)32(30)15-3-2-4-15/h5-12,15,29H,2-4H2,1H3/t32-/m1/s1. The lowest BCUT2D eigenvalue weighted by Gasteiger charge is -2.23. The van der Waals surface area contributed by atoms with E-state index < -0.39 is 10.8 Å². The van der Waals surface area contributed by atoms with Crippen molar-refractivity contribution >= 4 is 43.3 Å². The molecule has 7 nitrogen and oxygen atoms in total. The molecule has 5 aromatic rings. The van der Waals surface area contributed by atoms with E-state index in [0.29, 0.717) is 14.4 Å². The summed E-state index contributed by atoms with van der Waals surface area (Å²) in [5.41, 5.74) is 4.18. The summed E-state index contributed by atoms with van der Waals surface area (Å²) in [6.45, 7) is 0. The van der Waals surface area contributed by atoms with Crippen molar-refractivity contribution in [2.45, 2.75) is 28.7 Å². The SMILES string of the molecule is Cn1nccc1-c1cc(-c2ccc3cncnc3c2)nc2sc([S@](=O)C3CCC3)c(O)c12. The first-order valence-corrected chi connectivity index (χ1v) is 12.4. The van der Waals surface area contributed by atoms with E-state index in [1.807, 2.05) is 37.4 Å². The van der Waals surface area contributed by atoms with Crippen LogP contribution in [0.4, 0.5) is 0 Å². The van der Waals surface area contributed by atoms with E-state index in [9.17, 15) is 9.32 Å². The maximum atomic E-state index is 13.1. The van der Waals surface area contributed by atoms with E-state index in [0.717, 1.165) is 52.7 Å². The van der Waals surface area contributed by atoms with Crippen LogP contribution in [0.25, 0.3) is 43.6 Å². The number of pyridine rings is 1. The second-order valence-electron chi connectivity index (χ2n) is 7.96. The van der Waals surface area contributed by atoms with Crippen molar-refractivity contribution in [2.24, 2.45) is 7.05 Å². The van der Waals surface area contributed by atoms with Gasteiger partial charge < -0.3 is 5.11 Å². The van der Waals surface area contributed by atoms with Gasteiger partial charge in [-0.15, -0.1) is 11.3 Å². The van der Waals surface area contributed by atoms with Crippen molar-refractivity contribution in [3.63, 3.8) is 0 Å². The highest BCUT2D eigenvalue weighted by atomic mass is 32.2. The molecule has 1 aliphatic carbocycles. The van der Waals surface area contributed by atoms with Crippen LogP contribution in [0.15, 0.2) is 53.3 Å². The van der Waals surface area contributed by atoms with Crippen LogP contribution in [0.5, 0.6) is 5.75 Å². The molecule has 6 rings (SSSR count). The van der Waals surface area contributed by atoms with E-state index in [4.69, 9.17) is 4.98 Å². The molecule has 32 heavy (non-hydrogen) atoms. The normalized spacial score (nSPS) is 15.3. The molecule has 9 heteroatoms. The van der Waals surface area contributed by atoms with Gasteiger partial charge in [0, 0.05) is 41.2 Å². The molecule has 0 amide bonds. The number of rotatable bonds is 4. The fourth-order valence-corrected chi connectivity index (χ4v) is 7.21. The van der Waals surface area contributed by atoms with Gasteiger partial charge in [0.2, 0.25) is 0 Å². The van der Waals surface area contributed by atoms with Crippen molar-refractivity contribution in [2.75, 3.05) is 0 Å². The second-order valence-corrected chi connectivity index (χ2v) is 10.9. The summed E-state index contributed by atoms with van der Waals surface area (Å²) in [4.78, 5) is 14.0. The molecule has 1 N–H and O–H groups in total. The Hall–Kier alpha value is -3.17. The Kier molecular flexibility index (Phi) is 4.55. The molecular formula is C23H19N5O2S2. The summed E-state index contributed by atoms with van der Waals surface area (Å²) in [5.74, 6) is 0.0803. The molecule has 0 unspecified atom stereocenters. The molecule has 1 fully saturated rings. The third-order valence-electron chi connectivity index (χ3n) is 6.04. The Morgan fingerprint density at radius 2 is 2.09 bits per heavy atom. The molecule has 160 valence electrons. The number of fused-ring (bicyclic) bond motifs is 2. The van der Waals surface area contributed by atoms with Crippen LogP contribution in [0, 0.1) is 0 Å². The molecule has 0 aliphatic heterocycles. The summed E-state index contributed by atoms with van der Waals surface area (Å²) in [6.07, 6.45) is 8.01. The fraction of sp³-hybridized carbons (Fsp3) is 0.217. The van der Waals surface area contributed by atoms with Gasteiger partial charge in [0.25, 0.3) is 0 Å². The van der Waals surface area contributed by atoms with Gasteiger partial charge in [-0.25, -0.2) is 15.0 Å². The van der Waals surface area contributed by atoms with Gasteiger partial charge in [-0.1, -0.05) is 18.6 Å². The summed E-state index contributed by atoms with van der Waals surface area (Å²) < 4.78 is 15.4. The lowest BCUT2D eigenvalue weighted by Crippen LogP contribution is -2.22. The predicted octanol–water partition coefficient (Wildman–Crippen LogP) is 4.67. The molecular weight excluding hydrogens is 442 g/mol. The van der Waals surface area contributed by atoms with Crippen molar-refractivity contribution < 1.29 is 9.32 Å².